The molecule has 1 aromatic carbocycles. The third-order valence-corrected chi connectivity index (χ3v) is 5.21. The van der Waals surface area contributed by atoms with Crippen LogP contribution < -0.4 is 10.9 Å². The number of fused-ring (bicyclic) bond motifs is 1. The van der Waals surface area contributed by atoms with E-state index in [4.69, 9.17) is 0 Å². The van der Waals surface area contributed by atoms with E-state index in [9.17, 15) is 9.59 Å². The van der Waals surface area contributed by atoms with Gasteiger partial charge in [0.15, 0.2) is 5.13 Å². The maximum absolute atomic E-state index is 13.0. The van der Waals surface area contributed by atoms with E-state index in [1.165, 1.54) is 11.3 Å². The normalized spacial score (nSPS) is 11.1. The van der Waals surface area contributed by atoms with Gasteiger partial charge in [-0.3, -0.25) is 19.9 Å². The van der Waals surface area contributed by atoms with Crippen molar-refractivity contribution in [1.29, 1.82) is 0 Å². The lowest BCUT2D eigenvalue weighted by atomic mass is 10.1. The zero-order valence-corrected chi connectivity index (χ0v) is 16.9. The van der Waals surface area contributed by atoms with Gasteiger partial charge in [-0.25, -0.2) is 4.98 Å². The Balaban J connectivity index is 1.69. The highest BCUT2D eigenvalue weighted by Gasteiger charge is 2.17. The van der Waals surface area contributed by atoms with Gasteiger partial charge in [0.1, 0.15) is 5.69 Å². The molecule has 0 aliphatic carbocycles. The molecular formula is C22H20N4O2S. The first kappa shape index (κ1) is 19.0. The Kier molecular flexibility index (Phi) is 5.22. The Morgan fingerprint density at radius 3 is 2.59 bits per heavy atom. The molecule has 7 heteroatoms. The van der Waals surface area contributed by atoms with Gasteiger partial charge in [-0.05, 0) is 24.1 Å². The summed E-state index contributed by atoms with van der Waals surface area (Å²) in [7, 11) is 0. The van der Waals surface area contributed by atoms with Crippen LogP contribution in [0.25, 0.3) is 22.2 Å². The molecular weight excluding hydrogens is 384 g/mol. The van der Waals surface area contributed by atoms with Crippen molar-refractivity contribution < 1.29 is 4.79 Å². The predicted octanol–water partition coefficient (Wildman–Crippen LogP) is 4.43. The van der Waals surface area contributed by atoms with Crippen LogP contribution in [0.15, 0.2) is 65.0 Å². The van der Waals surface area contributed by atoms with E-state index in [-0.39, 0.29) is 17.4 Å². The second-order valence-corrected chi connectivity index (χ2v) is 8.00. The number of nitrogens with zero attached hydrogens (tertiary/aromatic N) is 3. The number of amides is 1. The molecule has 0 spiro atoms. The van der Waals surface area contributed by atoms with E-state index in [2.05, 4.69) is 15.3 Å². The van der Waals surface area contributed by atoms with Gasteiger partial charge in [-0.15, -0.1) is 11.3 Å². The molecule has 0 atom stereocenters. The van der Waals surface area contributed by atoms with Gasteiger partial charge in [0.05, 0.1) is 11.3 Å². The number of carbonyl (C=O) groups is 1. The van der Waals surface area contributed by atoms with Gasteiger partial charge in [-0.1, -0.05) is 38.1 Å². The van der Waals surface area contributed by atoms with Crippen LogP contribution >= 0.6 is 11.3 Å². The van der Waals surface area contributed by atoms with E-state index in [0.29, 0.717) is 33.7 Å². The van der Waals surface area contributed by atoms with Crippen LogP contribution in [-0.2, 0) is 6.54 Å². The quantitative estimate of drug-likeness (QED) is 0.534. The minimum atomic E-state index is -0.291. The van der Waals surface area contributed by atoms with Crippen LogP contribution in [0.4, 0.5) is 5.13 Å². The van der Waals surface area contributed by atoms with Crippen molar-refractivity contribution in [2.24, 2.45) is 5.92 Å². The molecule has 1 amide bonds. The predicted molar refractivity (Wildman–Crippen MR) is 116 cm³/mol. The lowest BCUT2D eigenvalue weighted by Crippen LogP contribution is -2.25. The molecule has 146 valence electrons. The summed E-state index contributed by atoms with van der Waals surface area (Å²) in [4.78, 5) is 34.6. The molecule has 0 saturated carbocycles. The highest BCUT2D eigenvalue weighted by Crippen LogP contribution is 2.24. The lowest BCUT2D eigenvalue weighted by Gasteiger charge is -2.13. The Morgan fingerprint density at radius 2 is 1.86 bits per heavy atom. The van der Waals surface area contributed by atoms with Gasteiger partial charge < -0.3 is 4.57 Å². The zero-order chi connectivity index (χ0) is 20.4. The fraction of sp³-hybridized carbons (Fsp3) is 0.182. The molecule has 1 N–H and O–H groups in total. The van der Waals surface area contributed by atoms with Crippen molar-refractivity contribution in [3.63, 3.8) is 0 Å². The van der Waals surface area contributed by atoms with Crippen LogP contribution in [0.3, 0.4) is 0 Å². The number of hydrogen-bond donors (Lipinski definition) is 1. The number of aromatic nitrogens is 3. The van der Waals surface area contributed by atoms with Gasteiger partial charge in [0, 0.05) is 35.1 Å². The topological polar surface area (TPSA) is 76.9 Å². The molecule has 0 unspecified atom stereocenters. The third kappa shape index (κ3) is 3.95. The Hall–Kier alpha value is -3.32. The molecule has 0 saturated heterocycles. The first-order valence-electron chi connectivity index (χ1n) is 9.33. The number of nitrogens with one attached hydrogen (secondary N) is 1. The van der Waals surface area contributed by atoms with Gasteiger partial charge in [0.25, 0.3) is 11.5 Å². The average molecular weight is 404 g/mol. The van der Waals surface area contributed by atoms with Gasteiger partial charge in [-0.2, -0.15) is 0 Å². The van der Waals surface area contributed by atoms with Crippen LogP contribution in [-0.4, -0.2) is 20.4 Å². The van der Waals surface area contributed by atoms with Gasteiger partial charge >= 0.3 is 0 Å². The van der Waals surface area contributed by atoms with Crippen LogP contribution in [0.5, 0.6) is 0 Å². The lowest BCUT2D eigenvalue weighted by molar-refractivity contribution is 0.102. The summed E-state index contributed by atoms with van der Waals surface area (Å²) < 4.78 is 1.61. The standard InChI is InChI=1S/C22H20N4O2S/c1-14(2)11-26-12-17(15-7-3-4-8-16(15)21(26)28)20(27)25-22-24-19(13-29-22)18-9-5-6-10-23-18/h3-10,12-14H,11H2,1-2H3,(H,24,25,27). The van der Waals surface area contributed by atoms with Gasteiger partial charge in [0.2, 0.25) is 0 Å². The van der Waals surface area contributed by atoms with Crippen molar-refractivity contribution in [1.82, 2.24) is 14.5 Å². The van der Waals surface area contributed by atoms with Crippen LogP contribution in [0.1, 0.15) is 24.2 Å². The molecule has 29 heavy (non-hydrogen) atoms. The maximum atomic E-state index is 13.0. The van der Waals surface area contributed by atoms with Crippen molar-refractivity contribution >= 4 is 33.1 Å². The molecule has 0 radical (unpaired) electrons. The fourth-order valence-corrected chi connectivity index (χ4v) is 3.88. The fourth-order valence-electron chi connectivity index (χ4n) is 3.18. The maximum Gasteiger partial charge on any atom is 0.259 e. The highest BCUT2D eigenvalue weighted by molar-refractivity contribution is 7.14. The van der Waals surface area contributed by atoms with Crippen molar-refractivity contribution in [3.05, 3.63) is 76.2 Å². The summed E-state index contributed by atoms with van der Waals surface area (Å²) >= 11 is 1.34. The molecule has 4 rings (SSSR count). The van der Waals surface area contributed by atoms with E-state index in [0.717, 1.165) is 5.69 Å². The smallest absolute Gasteiger partial charge is 0.259 e. The summed E-state index contributed by atoms with van der Waals surface area (Å²) in [6.45, 7) is 4.62. The summed E-state index contributed by atoms with van der Waals surface area (Å²) in [5, 5.41) is 6.38. The second-order valence-electron chi connectivity index (χ2n) is 7.15. The monoisotopic (exact) mass is 404 g/mol. The molecule has 4 aromatic rings. The van der Waals surface area contributed by atoms with E-state index in [1.54, 1.807) is 29.1 Å². The van der Waals surface area contributed by atoms with Crippen LogP contribution in [0.2, 0.25) is 0 Å². The number of benzene rings is 1. The highest BCUT2D eigenvalue weighted by atomic mass is 32.1. The molecule has 0 aliphatic rings. The first-order chi connectivity index (χ1) is 14.0. The summed E-state index contributed by atoms with van der Waals surface area (Å²) in [5.41, 5.74) is 1.83. The van der Waals surface area contributed by atoms with E-state index < -0.39 is 0 Å². The minimum Gasteiger partial charge on any atom is -0.314 e. The number of carbonyl (C=O) groups excluding carboxylic acids is 1. The summed E-state index contributed by atoms with van der Waals surface area (Å²) in [6, 6.07) is 12.8. The third-order valence-electron chi connectivity index (χ3n) is 4.45. The molecule has 0 aliphatic heterocycles. The Bertz CT molecular complexity index is 1230. The number of anilines is 1. The molecule has 3 heterocycles. The molecule has 6 nitrogen and oxygen atoms in total. The number of thiazole rings is 1. The number of hydrogen-bond acceptors (Lipinski definition) is 5. The van der Waals surface area contributed by atoms with E-state index >= 15 is 0 Å². The minimum absolute atomic E-state index is 0.0856. The number of rotatable bonds is 5. The largest absolute Gasteiger partial charge is 0.314 e. The first-order valence-corrected chi connectivity index (χ1v) is 10.2. The van der Waals surface area contributed by atoms with E-state index in [1.807, 2.05) is 49.6 Å². The SMILES string of the molecule is CC(C)Cn1cc(C(=O)Nc2nc(-c3ccccn3)cs2)c2ccccc2c1=O. The Morgan fingerprint density at radius 1 is 1.10 bits per heavy atom. The molecule has 0 bridgehead atoms. The molecule has 0 fully saturated rings. The van der Waals surface area contributed by atoms with Crippen molar-refractivity contribution in [2.45, 2.75) is 20.4 Å². The van der Waals surface area contributed by atoms with Crippen LogP contribution in [0, 0.1) is 5.92 Å². The zero-order valence-electron chi connectivity index (χ0n) is 16.1. The second kappa shape index (κ2) is 7.97. The average Bonchev–Trinajstić information content (AvgIpc) is 3.19. The number of pyridine rings is 2. The van der Waals surface area contributed by atoms with Crippen molar-refractivity contribution in [3.8, 4) is 11.4 Å². The molecule has 3 aromatic heterocycles. The Labute approximate surface area is 171 Å². The van der Waals surface area contributed by atoms with Crippen molar-refractivity contribution in [2.75, 3.05) is 5.32 Å². The summed E-state index contributed by atoms with van der Waals surface area (Å²) in [5.74, 6) is -0.00899. The summed E-state index contributed by atoms with van der Waals surface area (Å²) in [6.07, 6.45) is 3.35.